The summed E-state index contributed by atoms with van der Waals surface area (Å²) in [6.45, 7) is 3.63. The topological polar surface area (TPSA) is 35.0 Å². The molecule has 0 atom stereocenters. The Balaban J connectivity index is 0. The second-order valence-electron chi connectivity index (χ2n) is 1.41. The summed E-state index contributed by atoms with van der Waals surface area (Å²) in [4.78, 5) is 0. The van der Waals surface area contributed by atoms with Gasteiger partial charge in [-0.25, -0.2) is 0 Å². The van der Waals surface area contributed by atoms with Crippen LogP contribution >= 0.6 is 24.2 Å². The SMILES string of the molecule is CC(C)(S)Cl.N. The van der Waals surface area contributed by atoms with Gasteiger partial charge in [0.2, 0.25) is 0 Å². The Morgan fingerprint density at radius 1 is 1.50 bits per heavy atom. The van der Waals surface area contributed by atoms with Crippen molar-refractivity contribution in [1.82, 2.24) is 6.15 Å². The standard InChI is InChI=1S/C3H7ClS.H3N/c1-3(2,4)5;/h5H,1-2H3;1H3. The fourth-order valence-corrected chi connectivity index (χ4v) is 0. The lowest BCUT2D eigenvalue weighted by Gasteiger charge is -2.00. The van der Waals surface area contributed by atoms with Gasteiger partial charge in [0.15, 0.2) is 0 Å². The van der Waals surface area contributed by atoms with Crippen molar-refractivity contribution in [1.29, 1.82) is 0 Å². The van der Waals surface area contributed by atoms with Crippen LogP contribution in [0.3, 0.4) is 0 Å². The zero-order valence-electron chi connectivity index (χ0n) is 4.03. The van der Waals surface area contributed by atoms with Gasteiger partial charge in [0.1, 0.15) is 0 Å². The molecule has 0 saturated carbocycles. The van der Waals surface area contributed by atoms with Gasteiger partial charge in [0.25, 0.3) is 0 Å². The predicted molar refractivity (Wildman–Crippen MR) is 33.9 cm³/mol. The maximum Gasteiger partial charge on any atom is 0.0811 e. The average Bonchev–Trinajstić information content (AvgIpc) is 0.722. The van der Waals surface area contributed by atoms with Crippen molar-refractivity contribution in [2.75, 3.05) is 0 Å². The summed E-state index contributed by atoms with van der Waals surface area (Å²) in [5.41, 5.74) is 0. The zero-order chi connectivity index (χ0) is 4.50. The molecule has 0 spiro atoms. The van der Waals surface area contributed by atoms with Gasteiger partial charge in [-0.05, 0) is 13.8 Å². The Labute approximate surface area is 49.1 Å². The van der Waals surface area contributed by atoms with E-state index in [2.05, 4.69) is 12.6 Å². The molecule has 0 aliphatic rings. The van der Waals surface area contributed by atoms with E-state index < -0.39 is 0 Å². The van der Waals surface area contributed by atoms with Crippen molar-refractivity contribution in [2.45, 2.75) is 18.1 Å². The average molecular weight is 128 g/mol. The highest BCUT2D eigenvalue weighted by molar-refractivity contribution is 7.83. The first-order valence-corrected chi connectivity index (χ1v) is 2.24. The minimum atomic E-state index is -0.333. The quantitative estimate of drug-likeness (QED) is 0.379. The molecular formula is C3H10ClNS. The summed E-state index contributed by atoms with van der Waals surface area (Å²) in [7, 11) is 0. The van der Waals surface area contributed by atoms with Crippen LogP contribution in [-0.4, -0.2) is 4.21 Å². The molecule has 0 aromatic carbocycles. The molecule has 6 heavy (non-hydrogen) atoms. The third kappa shape index (κ3) is 166. The Morgan fingerprint density at radius 2 is 1.50 bits per heavy atom. The highest BCUT2D eigenvalue weighted by Gasteiger charge is 2.00. The maximum absolute atomic E-state index is 5.39. The Morgan fingerprint density at radius 3 is 1.50 bits per heavy atom. The molecule has 1 nitrogen and oxygen atoms in total. The zero-order valence-corrected chi connectivity index (χ0v) is 5.68. The van der Waals surface area contributed by atoms with Gasteiger partial charge in [-0.2, -0.15) is 12.6 Å². The summed E-state index contributed by atoms with van der Waals surface area (Å²) >= 11 is 9.28. The summed E-state index contributed by atoms with van der Waals surface area (Å²) in [5, 5.41) is 0. The molecule has 0 fully saturated rings. The predicted octanol–water partition coefficient (Wildman–Crippen LogP) is 2.05. The van der Waals surface area contributed by atoms with Gasteiger partial charge < -0.3 is 6.15 Å². The molecule has 40 valence electrons. The highest BCUT2D eigenvalue weighted by Crippen LogP contribution is 2.15. The molecule has 0 bridgehead atoms. The van der Waals surface area contributed by atoms with E-state index >= 15 is 0 Å². The van der Waals surface area contributed by atoms with E-state index in [1.165, 1.54) is 0 Å². The molecular weight excluding hydrogens is 118 g/mol. The number of hydrogen-bond acceptors (Lipinski definition) is 2. The van der Waals surface area contributed by atoms with Crippen LogP contribution in [0.5, 0.6) is 0 Å². The lowest BCUT2D eigenvalue weighted by atomic mass is 10.6. The Kier molecular flexibility index (Phi) is 4.43. The second-order valence-corrected chi connectivity index (χ2v) is 3.74. The van der Waals surface area contributed by atoms with Gasteiger partial charge in [-0.3, -0.25) is 0 Å². The number of rotatable bonds is 0. The van der Waals surface area contributed by atoms with Crippen molar-refractivity contribution < 1.29 is 0 Å². The first kappa shape index (κ1) is 9.78. The first-order valence-electron chi connectivity index (χ1n) is 1.41. The van der Waals surface area contributed by atoms with Crippen LogP contribution in [0.25, 0.3) is 0 Å². The number of hydrogen-bond donors (Lipinski definition) is 2. The minimum Gasteiger partial charge on any atom is -0.344 e. The third-order valence-corrected chi connectivity index (χ3v) is 0. The lowest BCUT2D eigenvalue weighted by Crippen LogP contribution is -1.93. The van der Waals surface area contributed by atoms with Crippen LogP contribution in [-0.2, 0) is 0 Å². The number of thiol groups is 1. The fourth-order valence-electron chi connectivity index (χ4n) is 0. The molecule has 0 saturated heterocycles. The Bertz CT molecular complexity index is 26.3. The smallest absolute Gasteiger partial charge is 0.0811 e. The van der Waals surface area contributed by atoms with Crippen LogP contribution in [0.15, 0.2) is 0 Å². The van der Waals surface area contributed by atoms with Crippen LogP contribution in [0, 0.1) is 0 Å². The van der Waals surface area contributed by atoms with E-state index in [1.54, 1.807) is 0 Å². The largest absolute Gasteiger partial charge is 0.344 e. The number of alkyl halides is 1. The lowest BCUT2D eigenvalue weighted by molar-refractivity contribution is 1.02. The van der Waals surface area contributed by atoms with Gasteiger partial charge in [0.05, 0.1) is 4.21 Å². The number of halogens is 1. The molecule has 0 aliphatic carbocycles. The van der Waals surface area contributed by atoms with Crippen LogP contribution in [0.1, 0.15) is 13.8 Å². The summed E-state index contributed by atoms with van der Waals surface area (Å²) in [6.07, 6.45) is 0. The molecule has 0 aliphatic heterocycles. The van der Waals surface area contributed by atoms with E-state index in [1.807, 2.05) is 13.8 Å². The van der Waals surface area contributed by atoms with Crippen molar-refractivity contribution in [3.05, 3.63) is 0 Å². The third-order valence-electron chi connectivity index (χ3n) is 0. The van der Waals surface area contributed by atoms with Gasteiger partial charge in [-0.1, -0.05) is 0 Å². The summed E-state index contributed by atoms with van der Waals surface area (Å²) < 4.78 is -0.333. The van der Waals surface area contributed by atoms with Crippen molar-refractivity contribution in [3.63, 3.8) is 0 Å². The van der Waals surface area contributed by atoms with Gasteiger partial charge >= 0.3 is 0 Å². The molecule has 3 N–H and O–H groups in total. The van der Waals surface area contributed by atoms with Crippen LogP contribution in [0.2, 0.25) is 0 Å². The van der Waals surface area contributed by atoms with Gasteiger partial charge in [-0.15, -0.1) is 11.6 Å². The molecule has 0 heterocycles. The molecule has 0 rings (SSSR count). The molecule has 0 aromatic heterocycles. The van der Waals surface area contributed by atoms with Crippen LogP contribution < -0.4 is 6.15 Å². The molecule has 3 heteroatoms. The molecule has 0 radical (unpaired) electrons. The normalized spacial score (nSPS) is 10.0. The van der Waals surface area contributed by atoms with E-state index in [-0.39, 0.29) is 10.4 Å². The molecule has 0 amide bonds. The van der Waals surface area contributed by atoms with E-state index in [0.717, 1.165) is 0 Å². The molecule has 0 aromatic rings. The maximum atomic E-state index is 5.39. The first-order chi connectivity index (χ1) is 2.00. The van der Waals surface area contributed by atoms with Crippen molar-refractivity contribution >= 4 is 24.2 Å². The van der Waals surface area contributed by atoms with Crippen LogP contribution in [0.4, 0.5) is 0 Å². The van der Waals surface area contributed by atoms with Crippen molar-refractivity contribution in [2.24, 2.45) is 0 Å². The highest BCUT2D eigenvalue weighted by atomic mass is 35.5. The van der Waals surface area contributed by atoms with E-state index in [4.69, 9.17) is 11.6 Å². The molecule has 0 unspecified atom stereocenters. The van der Waals surface area contributed by atoms with Gasteiger partial charge in [0, 0.05) is 0 Å². The Hall–Kier alpha value is 0.600. The summed E-state index contributed by atoms with van der Waals surface area (Å²) in [6, 6.07) is 0. The fraction of sp³-hybridized carbons (Fsp3) is 1.00. The van der Waals surface area contributed by atoms with E-state index in [9.17, 15) is 0 Å². The minimum absolute atomic E-state index is 0. The second kappa shape index (κ2) is 2.72. The van der Waals surface area contributed by atoms with E-state index in [0.29, 0.717) is 0 Å². The monoisotopic (exact) mass is 127 g/mol. The van der Waals surface area contributed by atoms with Crippen molar-refractivity contribution in [3.8, 4) is 0 Å². The summed E-state index contributed by atoms with van der Waals surface area (Å²) in [5.74, 6) is 0.